The Hall–Kier alpha value is -3.38. The molecule has 0 atom stereocenters. The van der Waals surface area contributed by atoms with Gasteiger partial charge in [-0.1, -0.05) is 49.4 Å². The molecule has 0 spiro atoms. The summed E-state index contributed by atoms with van der Waals surface area (Å²) >= 11 is 0. The normalized spacial score (nSPS) is 11.5. The summed E-state index contributed by atoms with van der Waals surface area (Å²) in [5, 5.41) is 0. The van der Waals surface area contributed by atoms with Gasteiger partial charge in [0, 0.05) is 6.08 Å². The largest absolute Gasteiger partial charge is 0.494 e. The van der Waals surface area contributed by atoms with Gasteiger partial charge in [0.25, 0.3) is 15.9 Å². The van der Waals surface area contributed by atoms with Crippen molar-refractivity contribution in [3.8, 4) is 5.75 Å². The zero-order valence-corrected chi connectivity index (χ0v) is 19.3. The van der Waals surface area contributed by atoms with Gasteiger partial charge in [0.15, 0.2) is 0 Å². The van der Waals surface area contributed by atoms with Crippen LogP contribution in [0.2, 0.25) is 0 Å². The maximum Gasteiger partial charge on any atom is 0.271 e. The lowest BCUT2D eigenvalue weighted by molar-refractivity contribution is -0.113. The molecule has 0 aliphatic rings. The van der Waals surface area contributed by atoms with Crippen LogP contribution in [0.15, 0.2) is 83.8 Å². The minimum atomic E-state index is -4.10. The van der Waals surface area contributed by atoms with Crippen LogP contribution in [0.4, 0.5) is 5.69 Å². The fourth-order valence-electron chi connectivity index (χ4n) is 3.15. The van der Waals surface area contributed by atoms with Gasteiger partial charge in [-0.3, -0.25) is 4.79 Å². The Balaban J connectivity index is 1.97. The number of benzene rings is 3. The summed E-state index contributed by atoms with van der Waals surface area (Å²) in [6.07, 6.45) is 3.80. The lowest BCUT2D eigenvalue weighted by Crippen LogP contribution is -2.36. The molecular weight excluding hydrogens is 422 g/mol. The average Bonchev–Trinajstić information content (AvgIpc) is 2.80. The van der Waals surface area contributed by atoms with E-state index in [0.29, 0.717) is 12.3 Å². The van der Waals surface area contributed by atoms with Crippen molar-refractivity contribution in [2.75, 3.05) is 10.9 Å². The molecule has 0 radical (unpaired) electrons. The van der Waals surface area contributed by atoms with Gasteiger partial charge in [0.1, 0.15) is 5.75 Å². The van der Waals surface area contributed by atoms with Gasteiger partial charge in [0.05, 0.1) is 17.2 Å². The fraction of sp³-hybridized carbons (Fsp3) is 0.192. The van der Waals surface area contributed by atoms with Crippen molar-refractivity contribution in [3.05, 3.63) is 95.6 Å². The Morgan fingerprint density at radius 2 is 1.62 bits per heavy atom. The molecule has 3 aromatic carbocycles. The molecule has 166 valence electrons. The Kier molecular flexibility index (Phi) is 7.49. The Labute approximate surface area is 190 Å². The Morgan fingerprint density at radius 1 is 0.938 bits per heavy atom. The maximum atomic E-state index is 13.4. The standard InChI is InChI=1S/C26H27NO4S/c1-4-19-31-23-16-13-22(14-17-23)15-18-26(28)27(25-12-8-9-20(2)21(25)3)32(29,30)24-10-6-5-7-11-24/h5-18H,4,19H2,1-3H3/b18-15+. The molecule has 0 fully saturated rings. The highest BCUT2D eigenvalue weighted by Crippen LogP contribution is 2.29. The van der Waals surface area contributed by atoms with Gasteiger partial charge in [-0.2, -0.15) is 4.31 Å². The van der Waals surface area contributed by atoms with Crippen molar-refractivity contribution in [2.24, 2.45) is 0 Å². The van der Waals surface area contributed by atoms with Crippen molar-refractivity contribution in [3.63, 3.8) is 0 Å². The van der Waals surface area contributed by atoms with E-state index < -0.39 is 15.9 Å². The third-order valence-electron chi connectivity index (χ3n) is 5.05. The molecule has 0 bridgehead atoms. The van der Waals surface area contributed by atoms with Gasteiger partial charge < -0.3 is 4.74 Å². The summed E-state index contributed by atoms with van der Waals surface area (Å²) in [7, 11) is -4.10. The molecule has 1 amide bonds. The second-order valence-electron chi connectivity index (χ2n) is 7.39. The number of amides is 1. The number of ether oxygens (including phenoxy) is 1. The minimum absolute atomic E-state index is 0.0556. The van der Waals surface area contributed by atoms with Gasteiger partial charge >= 0.3 is 0 Å². The molecule has 32 heavy (non-hydrogen) atoms. The highest BCUT2D eigenvalue weighted by atomic mass is 32.2. The number of rotatable bonds is 8. The van der Waals surface area contributed by atoms with E-state index in [1.165, 1.54) is 18.2 Å². The molecule has 0 aromatic heterocycles. The molecule has 3 rings (SSSR count). The van der Waals surface area contributed by atoms with Gasteiger partial charge in [0.2, 0.25) is 0 Å². The number of sulfonamides is 1. The van der Waals surface area contributed by atoms with E-state index >= 15 is 0 Å². The van der Waals surface area contributed by atoms with Crippen molar-refractivity contribution < 1.29 is 17.9 Å². The number of aryl methyl sites for hydroxylation is 1. The van der Waals surface area contributed by atoms with Gasteiger partial charge in [-0.05, 0) is 73.4 Å². The van der Waals surface area contributed by atoms with Crippen molar-refractivity contribution in [1.29, 1.82) is 0 Å². The van der Waals surface area contributed by atoms with Gasteiger partial charge in [-0.15, -0.1) is 0 Å². The number of hydrogen-bond donors (Lipinski definition) is 0. The molecule has 0 aliphatic heterocycles. The summed E-state index contributed by atoms with van der Waals surface area (Å²) in [6, 6.07) is 20.5. The summed E-state index contributed by atoms with van der Waals surface area (Å²) in [6.45, 7) is 6.36. The van der Waals surface area contributed by atoms with Crippen LogP contribution in [-0.2, 0) is 14.8 Å². The van der Waals surface area contributed by atoms with E-state index in [4.69, 9.17) is 4.74 Å². The average molecular weight is 450 g/mol. The predicted octanol–water partition coefficient (Wildman–Crippen LogP) is 5.53. The summed E-state index contributed by atoms with van der Waals surface area (Å²) in [5.41, 5.74) is 2.73. The fourth-order valence-corrected chi connectivity index (χ4v) is 4.62. The first-order valence-corrected chi connectivity index (χ1v) is 11.9. The van der Waals surface area contributed by atoms with E-state index in [1.807, 2.05) is 51.1 Å². The molecule has 0 unspecified atom stereocenters. The first-order chi connectivity index (χ1) is 15.3. The molecule has 6 heteroatoms. The second-order valence-corrected chi connectivity index (χ2v) is 9.18. The molecular formula is C26H27NO4S. The van der Waals surface area contributed by atoms with E-state index in [-0.39, 0.29) is 4.90 Å². The van der Waals surface area contributed by atoms with Gasteiger partial charge in [-0.25, -0.2) is 8.42 Å². The zero-order chi connectivity index (χ0) is 23.1. The molecule has 0 aliphatic carbocycles. The van der Waals surface area contributed by atoms with Crippen LogP contribution in [0.25, 0.3) is 6.08 Å². The van der Waals surface area contributed by atoms with E-state index in [2.05, 4.69) is 0 Å². The smallest absolute Gasteiger partial charge is 0.271 e. The van der Waals surface area contributed by atoms with Crippen molar-refractivity contribution in [1.82, 2.24) is 0 Å². The van der Waals surface area contributed by atoms with Crippen LogP contribution < -0.4 is 9.04 Å². The third-order valence-corrected chi connectivity index (χ3v) is 6.77. The van der Waals surface area contributed by atoms with Crippen molar-refractivity contribution in [2.45, 2.75) is 32.1 Å². The van der Waals surface area contributed by atoms with Crippen LogP contribution in [0.3, 0.4) is 0 Å². The second kappa shape index (κ2) is 10.3. The molecule has 0 N–H and O–H groups in total. The zero-order valence-electron chi connectivity index (χ0n) is 18.5. The molecule has 0 saturated heterocycles. The lowest BCUT2D eigenvalue weighted by atomic mass is 10.1. The molecule has 5 nitrogen and oxygen atoms in total. The Bertz CT molecular complexity index is 1200. The summed E-state index contributed by atoms with van der Waals surface area (Å²) in [5.74, 6) is 0.104. The number of anilines is 1. The van der Waals surface area contributed by atoms with Crippen LogP contribution in [0.5, 0.6) is 5.75 Å². The summed E-state index contributed by atoms with van der Waals surface area (Å²) < 4.78 is 33.3. The first kappa shape index (κ1) is 23.3. The van der Waals surface area contributed by atoms with Crippen LogP contribution in [0.1, 0.15) is 30.0 Å². The van der Waals surface area contributed by atoms with Crippen LogP contribution >= 0.6 is 0 Å². The summed E-state index contributed by atoms with van der Waals surface area (Å²) in [4.78, 5) is 13.3. The topological polar surface area (TPSA) is 63.7 Å². The van der Waals surface area contributed by atoms with E-state index in [9.17, 15) is 13.2 Å². The molecule has 0 saturated carbocycles. The van der Waals surface area contributed by atoms with E-state index in [0.717, 1.165) is 33.2 Å². The quantitative estimate of drug-likeness (QED) is 0.424. The Morgan fingerprint density at radius 3 is 2.28 bits per heavy atom. The number of hydrogen-bond acceptors (Lipinski definition) is 4. The first-order valence-electron chi connectivity index (χ1n) is 10.5. The van der Waals surface area contributed by atoms with E-state index in [1.54, 1.807) is 36.4 Å². The minimum Gasteiger partial charge on any atom is -0.494 e. The highest BCUT2D eigenvalue weighted by Gasteiger charge is 2.30. The lowest BCUT2D eigenvalue weighted by Gasteiger charge is -2.24. The maximum absolute atomic E-state index is 13.4. The predicted molar refractivity (Wildman–Crippen MR) is 128 cm³/mol. The molecule has 0 heterocycles. The number of nitrogens with zero attached hydrogens (tertiary/aromatic N) is 1. The molecule has 3 aromatic rings. The highest BCUT2D eigenvalue weighted by molar-refractivity contribution is 7.93. The van der Waals surface area contributed by atoms with Crippen LogP contribution in [0, 0.1) is 13.8 Å². The number of carbonyl (C=O) groups excluding carboxylic acids is 1. The SMILES string of the molecule is CCCOc1ccc(/C=C/C(=O)N(c2cccc(C)c2C)S(=O)(=O)c2ccccc2)cc1. The third kappa shape index (κ3) is 5.26. The van der Waals surface area contributed by atoms with Crippen molar-refractivity contribution >= 4 is 27.7 Å². The van der Waals surface area contributed by atoms with Crippen LogP contribution in [-0.4, -0.2) is 20.9 Å². The number of carbonyl (C=O) groups is 1. The monoisotopic (exact) mass is 449 g/mol.